The van der Waals surface area contributed by atoms with Crippen molar-refractivity contribution in [1.82, 2.24) is 4.72 Å². The molecule has 1 saturated carbocycles. The molecule has 6 heteroatoms. The van der Waals surface area contributed by atoms with Crippen molar-refractivity contribution in [3.05, 3.63) is 24.3 Å². The first kappa shape index (κ1) is 14.7. The average molecular weight is 300 g/mol. The van der Waals surface area contributed by atoms with Crippen molar-refractivity contribution in [2.75, 3.05) is 11.5 Å². The number of nitrogens with one attached hydrogen (secondary N) is 1. The smallest absolute Gasteiger partial charge is 0.242 e. The highest BCUT2D eigenvalue weighted by atomic mass is 32.2. The van der Waals surface area contributed by atoms with Crippen molar-refractivity contribution in [1.29, 1.82) is 0 Å². The highest BCUT2D eigenvalue weighted by Gasteiger charge is 2.29. The largest absolute Gasteiger partial charge is 0.398 e. The molecule has 0 aromatic heterocycles. The van der Waals surface area contributed by atoms with Crippen LogP contribution in [0, 0.1) is 0 Å². The molecule has 4 nitrogen and oxygen atoms in total. The second kappa shape index (κ2) is 6.15. The first-order chi connectivity index (χ1) is 9.03. The number of benzene rings is 1. The molecule has 0 aliphatic heterocycles. The van der Waals surface area contributed by atoms with Crippen LogP contribution >= 0.6 is 11.8 Å². The van der Waals surface area contributed by atoms with Gasteiger partial charge in [0.25, 0.3) is 0 Å². The molecule has 2 unspecified atom stereocenters. The van der Waals surface area contributed by atoms with Gasteiger partial charge in [0.05, 0.1) is 5.69 Å². The molecular formula is C13H20N2O2S2. The number of nitrogens with two attached hydrogens (primary N) is 1. The number of anilines is 1. The third-order valence-corrected chi connectivity index (χ3v) is 6.14. The van der Waals surface area contributed by atoms with E-state index in [-0.39, 0.29) is 10.9 Å². The summed E-state index contributed by atoms with van der Waals surface area (Å²) in [5.41, 5.74) is 6.03. The molecule has 0 radical (unpaired) electrons. The summed E-state index contributed by atoms with van der Waals surface area (Å²) in [4.78, 5) is 0.182. The number of hydrogen-bond donors (Lipinski definition) is 2. The van der Waals surface area contributed by atoms with Crippen molar-refractivity contribution in [3.8, 4) is 0 Å². The van der Waals surface area contributed by atoms with Crippen LogP contribution in [0.3, 0.4) is 0 Å². The molecule has 0 spiro atoms. The van der Waals surface area contributed by atoms with Crippen molar-refractivity contribution in [2.45, 2.75) is 42.4 Å². The third kappa shape index (κ3) is 3.64. The number of thioether (sulfide) groups is 1. The number of hydrogen-bond acceptors (Lipinski definition) is 4. The number of sulfonamides is 1. The summed E-state index contributed by atoms with van der Waals surface area (Å²) >= 11 is 1.91. The zero-order chi connectivity index (χ0) is 13.9. The second-order valence-electron chi connectivity index (χ2n) is 4.75. The summed E-state index contributed by atoms with van der Waals surface area (Å²) in [6.45, 7) is 2.13. The average Bonchev–Trinajstić information content (AvgIpc) is 2.76. The molecule has 0 saturated heterocycles. The maximum atomic E-state index is 12.3. The summed E-state index contributed by atoms with van der Waals surface area (Å²) in [6, 6.07) is 6.62. The molecule has 0 heterocycles. The number of rotatable bonds is 5. The molecular weight excluding hydrogens is 280 g/mol. The second-order valence-corrected chi connectivity index (χ2v) is 8.01. The van der Waals surface area contributed by atoms with E-state index in [2.05, 4.69) is 11.6 Å². The maximum Gasteiger partial charge on any atom is 0.242 e. The predicted molar refractivity (Wildman–Crippen MR) is 80.7 cm³/mol. The van der Waals surface area contributed by atoms with E-state index >= 15 is 0 Å². The van der Waals surface area contributed by atoms with Gasteiger partial charge < -0.3 is 5.73 Å². The Morgan fingerprint density at radius 3 is 2.79 bits per heavy atom. The Bertz CT molecular complexity index is 531. The van der Waals surface area contributed by atoms with Crippen LogP contribution in [0.25, 0.3) is 0 Å². The van der Waals surface area contributed by atoms with Crippen LogP contribution < -0.4 is 10.5 Å². The molecule has 1 aromatic rings. The first-order valence-electron chi connectivity index (χ1n) is 6.51. The van der Waals surface area contributed by atoms with Crippen molar-refractivity contribution < 1.29 is 8.42 Å². The van der Waals surface area contributed by atoms with Crippen LogP contribution in [-0.2, 0) is 10.0 Å². The van der Waals surface area contributed by atoms with E-state index in [9.17, 15) is 8.42 Å². The van der Waals surface area contributed by atoms with E-state index in [1.165, 1.54) is 0 Å². The van der Waals surface area contributed by atoms with Gasteiger partial charge in [-0.2, -0.15) is 11.8 Å². The van der Waals surface area contributed by atoms with E-state index in [0.29, 0.717) is 10.9 Å². The molecule has 1 aromatic carbocycles. The molecule has 1 aliphatic rings. The molecule has 2 rings (SSSR count). The molecule has 106 valence electrons. The highest BCUT2D eigenvalue weighted by molar-refractivity contribution is 7.99. The van der Waals surface area contributed by atoms with Gasteiger partial charge in [0.15, 0.2) is 0 Å². The van der Waals surface area contributed by atoms with Crippen LogP contribution in [0.1, 0.15) is 26.2 Å². The minimum atomic E-state index is -3.50. The summed E-state index contributed by atoms with van der Waals surface area (Å²) in [6.07, 6.45) is 2.89. The summed E-state index contributed by atoms with van der Waals surface area (Å²) in [5, 5.41) is 0.575. The molecule has 1 fully saturated rings. The lowest BCUT2D eigenvalue weighted by Crippen LogP contribution is -2.33. The van der Waals surface area contributed by atoms with Crippen molar-refractivity contribution in [2.24, 2.45) is 0 Å². The lowest BCUT2D eigenvalue weighted by Gasteiger charge is -2.14. The molecule has 0 amide bonds. The molecule has 19 heavy (non-hydrogen) atoms. The monoisotopic (exact) mass is 300 g/mol. The molecule has 1 aliphatic carbocycles. The van der Waals surface area contributed by atoms with Crippen LogP contribution in [0.15, 0.2) is 29.2 Å². The van der Waals surface area contributed by atoms with Gasteiger partial charge in [0.1, 0.15) is 4.90 Å². The van der Waals surface area contributed by atoms with Gasteiger partial charge in [0.2, 0.25) is 10.0 Å². The lowest BCUT2D eigenvalue weighted by atomic mass is 10.3. The summed E-state index contributed by atoms with van der Waals surface area (Å²) < 4.78 is 27.3. The number of para-hydroxylation sites is 1. The maximum absolute atomic E-state index is 12.3. The normalized spacial score (nSPS) is 23.6. The Hall–Kier alpha value is -0.720. The van der Waals surface area contributed by atoms with Crippen molar-refractivity contribution >= 4 is 27.5 Å². The van der Waals surface area contributed by atoms with Gasteiger partial charge in [-0.05, 0) is 37.1 Å². The Labute approximate surface area is 119 Å². The van der Waals surface area contributed by atoms with E-state index in [1.54, 1.807) is 24.3 Å². The molecule has 3 N–H and O–H groups in total. The first-order valence-corrected chi connectivity index (χ1v) is 9.04. The summed E-state index contributed by atoms with van der Waals surface area (Å²) in [5.74, 6) is 1.08. The Kier molecular flexibility index (Phi) is 4.76. The van der Waals surface area contributed by atoms with Gasteiger partial charge in [-0.3, -0.25) is 0 Å². The van der Waals surface area contributed by atoms with Crippen LogP contribution in [0.2, 0.25) is 0 Å². The standard InChI is InChI=1S/C13H20N2O2S2/c1-2-18-11-8-7-10(9-11)15-19(16,17)13-6-4-3-5-12(13)14/h3-6,10-11,15H,2,7-9,14H2,1H3. The van der Waals surface area contributed by atoms with Gasteiger partial charge in [-0.1, -0.05) is 19.1 Å². The summed E-state index contributed by atoms with van der Waals surface area (Å²) in [7, 11) is -3.50. The van der Waals surface area contributed by atoms with Gasteiger partial charge in [-0.15, -0.1) is 0 Å². The van der Waals surface area contributed by atoms with E-state index < -0.39 is 10.0 Å². The van der Waals surface area contributed by atoms with Gasteiger partial charge in [-0.25, -0.2) is 13.1 Å². The topological polar surface area (TPSA) is 72.2 Å². The fourth-order valence-corrected chi connectivity index (χ4v) is 5.00. The predicted octanol–water partition coefficient (Wildman–Crippen LogP) is 2.22. The Balaban J connectivity index is 2.05. The minimum Gasteiger partial charge on any atom is -0.398 e. The molecule has 2 atom stereocenters. The minimum absolute atomic E-state index is 0.0358. The van der Waals surface area contributed by atoms with Gasteiger partial charge >= 0.3 is 0 Å². The Morgan fingerprint density at radius 2 is 2.11 bits per heavy atom. The fourth-order valence-electron chi connectivity index (χ4n) is 2.44. The van der Waals surface area contributed by atoms with Gasteiger partial charge in [0, 0.05) is 11.3 Å². The fraction of sp³-hybridized carbons (Fsp3) is 0.538. The van der Waals surface area contributed by atoms with E-state index in [4.69, 9.17) is 5.73 Å². The zero-order valence-corrected chi connectivity index (χ0v) is 12.6. The third-order valence-electron chi connectivity index (χ3n) is 3.32. The van der Waals surface area contributed by atoms with E-state index in [1.807, 2.05) is 11.8 Å². The van der Waals surface area contributed by atoms with E-state index in [0.717, 1.165) is 25.0 Å². The van der Waals surface area contributed by atoms with Crippen LogP contribution in [0.4, 0.5) is 5.69 Å². The number of nitrogen functional groups attached to an aromatic ring is 1. The zero-order valence-electron chi connectivity index (χ0n) is 11.0. The Morgan fingerprint density at radius 1 is 1.37 bits per heavy atom. The van der Waals surface area contributed by atoms with Crippen LogP contribution in [0.5, 0.6) is 0 Å². The SMILES string of the molecule is CCSC1CCC(NS(=O)(=O)c2ccccc2N)C1. The van der Waals surface area contributed by atoms with Crippen LogP contribution in [-0.4, -0.2) is 25.5 Å². The highest BCUT2D eigenvalue weighted by Crippen LogP contribution is 2.30. The van der Waals surface area contributed by atoms with Crippen molar-refractivity contribution in [3.63, 3.8) is 0 Å². The quantitative estimate of drug-likeness (QED) is 0.818. The molecule has 0 bridgehead atoms. The lowest BCUT2D eigenvalue weighted by molar-refractivity contribution is 0.553.